The quantitative estimate of drug-likeness (QED) is 0.122. The van der Waals surface area contributed by atoms with Crippen LogP contribution >= 0.6 is 0 Å². The fourth-order valence-corrected chi connectivity index (χ4v) is 14.8. The highest BCUT2D eigenvalue weighted by Crippen LogP contribution is 2.38. The zero-order valence-electron chi connectivity index (χ0n) is 31.6. The third-order valence-electron chi connectivity index (χ3n) is 12.3. The van der Waals surface area contributed by atoms with E-state index in [9.17, 15) is 0 Å². The van der Waals surface area contributed by atoms with Crippen LogP contribution < -0.4 is 20.7 Å². The Kier molecular flexibility index (Phi) is 7.25. The van der Waals surface area contributed by atoms with Crippen molar-refractivity contribution in [1.82, 2.24) is 9.13 Å². The Bertz CT molecular complexity index is 3410. The third kappa shape index (κ3) is 4.67. The molecular weight excluding hydrogens is 721 g/mol. The number of furan rings is 1. The maximum atomic E-state index is 6.24. The molecular formula is C54H36N2OSi. The van der Waals surface area contributed by atoms with Gasteiger partial charge in [-0.25, -0.2) is 0 Å². The van der Waals surface area contributed by atoms with Crippen LogP contribution in [0, 0.1) is 0 Å². The van der Waals surface area contributed by atoms with Gasteiger partial charge in [0.05, 0.1) is 22.1 Å². The van der Waals surface area contributed by atoms with Crippen molar-refractivity contribution < 1.29 is 4.42 Å². The molecule has 0 unspecified atom stereocenters. The molecule has 58 heavy (non-hydrogen) atoms. The summed E-state index contributed by atoms with van der Waals surface area (Å²) in [5.41, 5.74) is 8.86. The van der Waals surface area contributed by atoms with Crippen LogP contribution in [0.2, 0.25) is 0 Å². The van der Waals surface area contributed by atoms with Crippen molar-refractivity contribution in [1.29, 1.82) is 0 Å². The number of benzene rings is 9. The van der Waals surface area contributed by atoms with Gasteiger partial charge in [-0.1, -0.05) is 164 Å². The van der Waals surface area contributed by atoms with Crippen molar-refractivity contribution in [2.75, 3.05) is 0 Å². The van der Waals surface area contributed by atoms with Gasteiger partial charge in [-0.3, -0.25) is 0 Å². The largest absolute Gasteiger partial charge is 0.456 e. The lowest BCUT2D eigenvalue weighted by molar-refractivity contribution is 0.669. The van der Waals surface area contributed by atoms with Crippen molar-refractivity contribution >= 4 is 94.4 Å². The highest BCUT2D eigenvalue weighted by molar-refractivity contribution is 7.20. The fourth-order valence-electron chi connectivity index (χ4n) is 9.85. The molecule has 12 aromatic rings. The lowest BCUT2D eigenvalue weighted by Gasteiger charge is -2.35. The van der Waals surface area contributed by atoms with Crippen LogP contribution in [0.4, 0.5) is 0 Å². The number of hydrogen-bond acceptors (Lipinski definition) is 1. The number of aromatic nitrogens is 2. The van der Waals surface area contributed by atoms with Crippen LogP contribution in [-0.2, 0) is 0 Å². The summed E-state index contributed by atoms with van der Waals surface area (Å²) in [6.45, 7) is 0. The molecule has 4 heteroatoms. The molecule has 0 bridgehead atoms. The second-order valence-electron chi connectivity index (χ2n) is 15.2. The molecule has 0 atom stereocenters. The van der Waals surface area contributed by atoms with Gasteiger partial charge in [-0.15, -0.1) is 0 Å². The van der Waals surface area contributed by atoms with E-state index in [1.54, 1.807) is 0 Å². The zero-order valence-corrected chi connectivity index (χ0v) is 32.6. The molecule has 0 aliphatic rings. The maximum absolute atomic E-state index is 6.24. The van der Waals surface area contributed by atoms with Crippen molar-refractivity contribution in [2.24, 2.45) is 0 Å². The molecule has 0 aliphatic heterocycles. The first-order chi connectivity index (χ1) is 28.8. The molecule has 9 aromatic carbocycles. The maximum Gasteiger partial charge on any atom is 0.181 e. The molecule has 3 heterocycles. The normalized spacial score (nSPS) is 12.1. The third-order valence-corrected chi connectivity index (χ3v) is 17.1. The minimum Gasteiger partial charge on any atom is -0.456 e. The Morgan fingerprint density at radius 3 is 1.45 bits per heavy atom. The van der Waals surface area contributed by atoms with E-state index in [2.05, 4.69) is 215 Å². The average Bonchev–Trinajstić information content (AvgIpc) is 3.95. The molecule has 0 saturated heterocycles. The Morgan fingerprint density at radius 1 is 0.310 bits per heavy atom. The summed E-state index contributed by atoms with van der Waals surface area (Å²) in [4.78, 5) is 0. The smallest absolute Gasteiger partial charge is 0.181 e. The van der Waals surface area contributed by atoms with Gasteiger partial charge in [0.15, 0.2) is 8.07 Å². The fraction of sp³-hybridized carbons (Fsp3) is 0. The monoisotopic (exact) mass is 756 g/mol. The highest BCUT2D eigenvalue weighted by Gasteiger charge is 2.43. The van der Waals surface area contributed by atoms with Crippen LogP contribution in [0.5, 0.6) is 0 Å². The summed E-state index contributed by atoms with van der Waals surface area (Å²) >= 11 is 0. The lowest BCUT2D eigenvalue weighted by Crippen LogP contribution is -2.75. The van der Waals surface area contributed by atoms with Gasteiger partial charge >= 0.3 is 0 Å². The Morgan fingerprint density at radius 2 is 0.776 bits per heavy atom. The van der Waals surface area contributed by atoms with Gasteiger partial charge in [0.25, 0.3) is 0 Å². The van der Waals surface area contributed by atoms with E-state index < -0.39 is 8.07 Å². The molecule has 0 saturated carbocycles. The summed E-state index contributed by atoms with van der Waals surface area (Å²) in [7, 11) is -2.90. The molecule has 3 aromatic heterocycles. The van der Waals surface area contributed by atoms with Crippen LogP contribution in [0.1, 0.15) is 0 Å². The second kappa shape index (κ2) is 12.8. The summed E-state index contributed by atoms with van der Waals surface area (Å²) in [6.07, 6.45) is 0. The van der Waals surface area contributed by atoms with E-state index in [1.807, 2.05) is 12.1 Å². The van der Waals surface area contributed by atoms with Crippen LogP contribution in [0.15, 0.2) is 223 Å². The van der Waals surface area contributed by atoms with Gasteiger partial charge in [-0.2, -0.15) is 0 Å². The van der Waals surface area contributed by atoms with Gasteiger partial charge < -0.3 is 13.6 Å². The first-order valence-corrected chi connectivity index (χ1v) is 21.9. The minimum atomic E-state index is -2.90. The molecule has 0 N–H and O–H groups in total. The van der Waals surface area contributed by atoms with E-state index in [0.717, 1.165) is 33.3 Å². The summed E-state index contributed by atoms with van der Waals surface area (Å²) in [6, 6.07) is 80.4. The summed E-state index contributed by atoms with van der Waals surface area (Å²) in [5, 5.41) is 12.6. The number of fused-ring (bicyclic) bond motifs is 9. The molecule has 0 aliphatic carbocycles. The van der Waals surface area contributed by atoms with Gasteiger partial charge in [0, 0.05) is 43.7 Å². The van der Waals surface area contributed by atoms with E-state index in [1.165, 1.54) is 64.4 Å². The van der Waals surface area contributed by atoms with E-state index in [4.69, 9.17) is 4.42 Å². The van der Waals surface area contributed by atoms with Crippen molar-refractivity contribution in [2.45, 2.75) is 0 Å². The van der Waals surface area contributed by atoms with Gasteiger partial charge in [-0.05, 0) is 75.3 Å². The molecule has 272 valence electrons. The SMILES string of the molecule is c1ccc([Si](c2ccccc2)(c2ccccc2)c2cccc3c4ccccc4n(-c4ccc5c(c4)c4ccccc4n5-c4ccc5oc6ccccc6c5c4)c23)cc1. The first kappa shape index (κ1) is 32.8. The summed E-state index contributed by atoms with van der Waals surface area (Å²) in [5.74, 6) is 0. The molecule has 0 fully saturated rings. The van der Waals surface area contributed by atoms with E-state index in [-0.39, 0.29) is 0 Å². The molecule has 3 nitrogen and oxygen atoms in total. The number of nitrogens with zero attached hydrogens (tertiary/aromatic N) is 2. The molecule has 0 amide bonds. The van der Waals surface area contributed by atoms with Crippen LogP contribution in [-0.4, -0.2) is 17.2 Å². The van der Waals surface area contributed by atoms with Crippen molar-refractivity contribution in [3.8, 4) is 11.4 Å². The first-order valence-electron chi connectivity index (χ1n) is 19.9. The molecule has 0 spiro atoms. The predicted molar refractivity (Wildman–Crippen MR) is 246 cm³/mol. The van der Waals surface area contributed by atoms with E-state index >= 15 is 0 Å². The Labute approximate surface area is 336 Å². The number of hydrogen-bond donors (Lipinski definition) is 0. The average molecular weight is 757 g/mol. The van der Waals surface area contributed by atoms with Crippen molar-refractivity contribution in [3.05, 3.63) is 218 Å². The minimum absolute atomic E-state index is 0.899. The standard InChI is InChI=1S/C54H36N2OSi/c1-4-17-39(18-5-1)58(40-19-6-2-7-20-40,41-21-8-3-9-22-41)53-30-16-26-45-42-23-10-14-28-49(42)56(54(45)53)38-31-33-50-46(35-38)43-24-11-13-27-48(43)55(50)37-32-34-52-47(36-37)44-25-12-15-29-51(44)57-52/h1-36H. The molecule has 12 rings (SSSR count). The van der Waals surface area contributed by atoms with Crippen LogP contribution in [0.3, 0.4) is 0 Å². The van der Waals surface area contributed by atoms with Crippen LogP contribution in [0.25, 0.3) is 76.9 Å². The lowest BCUT2D eigenvalue weighted by atomic mass is 10.1. The second-order valence-corrected chi connectivity index (χ2v) is 19.0. The number of rotatable bonds is 6. The van der Waals surface area contributed by atoms with Gasteiger partial charge in [0.1, 0.15) is 11.2 Å². The van der Waals surface area contributed by atoms with Crippen molar-refractivity contribution in [3.63, 3.8) is 0 Å². The summed E-state index contributed by atoms with van der Waals surface area (Å²) < 4.78 is 11.2. The van der Waals surface area contributed by atoms with Gasteiger partial charge in [0.2, 0.25) is 0 Å². The molecule has 0 radical (unpaired) electrons. The zero-order chi connectivity index (χ0) is 38.2. The Hall–Kier alpha value is -7.40. The van der Waals surface area contributed by atoms with E-state index in [0.29, 0.717) is 0 Å². The number of para-hydroxylation sites is 4. The predicted octanol–water partition coefficient (Wildman–Crippen LogP) is 11.2. The topological polar surface area (TPSA) is 23.0 Å². The Balaban J connectivity index is 1.17. The highest BCUT2D eigenvalue weighted by atomic mass is 28.3.